The van der Waals surface area contributed by atoms with Crippen molar-refractivity contribution >= 4 is 15.9 Å². The van der Waals surface area contributed by atoms with E-state index in [1.165, 1.54) is 5.56 Å². The van der Waals surface area contributed by atoms with Crippen LogP contribution in [-0.2, 0) is 6.42 Å². The maximum atomic E-state index is 10.2. The van der Waals surface area contributed by atoms with Crippen molar-refractivity contribution in [3.63, 3.8) is 0 Å². The van der Waals surface area contributed by atoms with Crippen molar-refractivity contribution in [1.29, 1.82) is 0 Å². The molecule has 0 fully saturated rings. The minimum Gasteiger partial charge on any atom is -0.388 e. The van der Waals surface area contributed by atoms with E-state index in [0.29, 0.717) is 11.8 Å². The molecule has 1 aliphatic carbocycles. The molecule has 2 unspecified atom stereocenters. The molecular formula is C13H17BrO. The van der Waals surface area contributed by atoms with Gasteiger partial charge in [0.05, 0.1) is 6.10 Å². The van der Waals surface area contributed by atoms with Crippen LogP contribution in [0.5, 0.6) is 0 Å². The molecule has 1 aromatic rings. The van der Waals surface area contributed by atoms with E-state index < -0.39 is 0 Å². The molecule has 0 heterocycles. The Morgan fingerprint density at radius 1 is 1.47 bits per heavy atom. The van der Waals surface area contributed by atoms with Crippen LogP contribution in [0.2, 0.25) is 0 Å². The number of hydrogen-bond donors (Lipinski definition) is 1. The quantitative estimate of drug-likeness (QED) is 0.867. The minimum atomic E-state index is -0.264. The van der Waals surface area contributed by atoms with Crippen molar-refractivity contribution in [1.82, 2.24) is 0 Å². The maximum Gasteiger partial charge on any atom is 0.0824 e. The van der Waals surface area contributed by atoms with Gasteiger partial charge in [0.25, 0.3) is 0 Å². The van der Waals surface area contributed by atoms with Gasteiger partial charge >= 0.3 is 0 Å². The third-order valence-corrected chi connectivity index (χ3v) is 3.90. The highest BCUT2D eigenvalue weighted by atomic mass is 79.9. The largest absolute Gasteiger partial charge is 0.388 e. The highest BCUT2D eigenvalue weighted by Crippen LogP contribution is 2.42. The lowest BCUT2D eigenvalue weighted by Crippen LogP contribution is -2.09. The summed E-state index contributed by atoms with van der Waals surface area (Å²) in [6.07, 6.45) is 1.85. The minimum absolute atomic E-state index is 0.264. The molecule has 0 saturated carbocycles. The summed E-state index contributed by atoms with van der Waals surface area (Å²) in [5.41, 5.74) is 2.42. The third kappa shape index (κ3) is 2.11. The summed E-state index contributed by atoms with van der Waals surface area (Å²) in [6.45, 7) is 4.43. The molecule has 0 aromatic heterocycles. The zero-order valence-corrected chi connectivity index (χ0v) is 10.8. The molecule has 0 amide bonds. The van der Waals surface area contributed by atoms with Gasteiger partial charge in [-0.15, -0.1) is 0 Å². The van der Waals surface area contributed by atoms with E-state index in [9.17, 15) is 5.11 Å². The molecule has 1 aromatic carbocycles. The molecule has 2 heteroatoms. The number of halogens is 1. The van der Waals surface area contributed by atoms with Crippen molar-refractivity contribution < 1.29 is 5.11 Å². The molecule has 0 bridgehead atoms. The third-order valence-electron chi connectivity index (χ3n) is 3.16. The van der Waals surface area contributed by atoms with E-state index >= 15 is 0 Å². The van der Waals surface area contributed by atoms with E-state index in [-0.39, 0.29) is 6.10 Å². The highest BCUT2D eigenvalue weighted by Gasteiger charge is 2.32. The van der Waals surface area contributed by atoms with Crippen LogP contribution in [0.15, 0.2) is 22.7 Å². The Kier molecular flexibility index (Phi) is 3.17. The second kappa shape index (κ2) is 4.26. The topological polar surface area (TPSA) is 20.2 Å². The van der Waals surface area contributed by atoms with Gasteiger partial charge in [0.15, 0.2) is 0 Å². The van der Waals surface area contributed by atoms with Gasteiger partial charge in [-0.05, 0) is 41.9 Å². The molecule has 0 radical (unpaired) electrons. The van der Waals surface area contributed by atoms with Crippen LogP contribution in [0.1, 0.15) is 37.5 Å². The summed E-state index contributed by atoms with van der Waals surface area (Å²) in [5, 5.41) is 10.2. The van der Waals surface area contributed by atoms with Crippen molar-refractivity contribution in [2.75, 3.05) is 0 Å². The predicted octanol–water partition coefficient (Wildman–Crippen LogP) is 3.70. The van der Waals surface area contributed by atoms with E-state index in [2.05, 4.69) is 35.8 Å². The van der Waals surface area contributed by atoms with Crippen LogP contribution in [0.3, 0.4) is 0 Å². The Hall–Kier alpha value is -0.340. The number of benzene rings is 1. The van der Waals surface area contributed by atoms with Gasteiger partial charge in [-0.25, -0.2) is 0 Å². The summed E-state index contributed by atoms with van der Waals surface area (Å²) in [6, 6.07) is 6.11. The van der Waals surface area contributed by atoms with E-state index in [1.807, 2.05) is 12.1 Å². The maximum absolute atomic E-state index is 10.2. The standard InChI is InChI=1S/C13H17BrO/c1-8(2)6-9-7-11-10(13(9)15)4-3-5-12(11)14/h3-5,8-9,13,15H,6-7H2,1-2H3. The Labute approximate surface area is 99.6 Å². The molecule has 82 valence electrons. The number of rotatable bonds is 2. The molecule has 0 saturated heterocycles. The lowest BCUT2D eigenvalue weighted by atomic mass is 9.93. The first-order valence-corrected chi connectivity index (χ1v) is 6.34. The fourth-order valence-electron chi connectivity index (χ4n) is 2.51. The Morgan fingerprint density at radius 2 is 2.20 bits per heavy atom. The fraction of sp³-hybridized carbons (Fsp3) is 0.538. The number of hydrogen-bond acceptors (Lipinski definition) is 1. The van der Waals surface area contributed by atoms with Gasteiger partial charge in [-0.2, -0.15) is 0 Å². The lowest BCUT2D eigenvalue weighted by Gasteiger charge is -2.16. The zero-order valence-electron chi connectivity index (χ0n) is 9.20. The molecule has 1 aliphatic rings. The zero-order chi connectivity index (χ0) is 11.0. The predicted molar refractivity (Wildman–Crippen MR) is 65.8 cm³/mol. The first-order chi connectivity index (χ1) is 7.09. The van der Waals surface area contributed by atoms with Crippen molar-refractivity contribution in [3.05, 3.63) is 33.8 Å². The Balaban J connectivity index is 2.25. The lowest BCUT2D eigenvalue weighted by molar-refractivity contribution is 0.110. The summed E-state index contributed by atoms with van der Waals surface area (Å²) in [7, 11) is 0. The SMILES string of the molecule is CC(C)CC1Cc2c(Br)cccc2C1O. The fourth-order valence-corrected chi connectivity index (χ4v) is 3.06. The molecule has 2 rings (SSSR count). The van der Waals surface area contributed by atoms with Crippen LogP contribution in [0.4, 0.5) is 0 Å². The monoisotopic (exact) mass is 268 g/mol. The molecule has 2 atom stereocenters. The summed E-state index contributed by atoms with van der Waals surface area (Å²) in [5.74, 6) is 1.05. The van der Waals surface area contributed by atoms with Crippen LogP contribution < -0.4 is 0 Å². The van der Waals surface area contributed by atoms with Gasteiger partial charge in [0.1, 0.15) is 0 Å². The van der Waals surface area contributed by atoms with E-state index in [4.69, 9.17) is 0 Å². The molecule has 0 aliphatic heterocycles. The van der Waals surface area contributed by atoms with Gasteiger partial charge in [-0.1, -0.05) is 41.9 Å². The van der Waals surface area contributed by atoms with Crippen molar-refractivity contribution in [2.45, 2.75) is 32.8 Å². The Morgan fingerprint density at radius 3 is 2.80 bits per heavy atom. The van der Waals surface area contributed by atoms with Crippen LogP contribution in [0.25, 0.3) is 0 Å². The molecule has 1 nitrogen and oxygen atoms in total. The van der Waals surface area contributed by atoms with Gasteiger partial charge in [-0.3, -0.25) is 0 Å². The summed E-state index contributed by atoms with van der Waals surface area (Å²) >= 11 is 3.56. The van der Waals surface area contributed by atoms with E-state index in [0.717, 1.165) is 22.9 Å². The summed E-state index contributed by atoms with van der Waals surface area (Å²) in [4.78, 5) is 0. The number of aliphatic hydroxyl groups is 1. The second-order valence-corrected chi connectivity index (χ2v) is 5.70. The molecule has 1 N–H and O–H groups in total. The molecule has 15 heavy (non-hydrogen) atoms. The average molecular weight is 269 g/mol. The van der Waals surface area contributed by atoms with Crippen LogP contribution in [-0.4, -0.2) is 5.11 Å². The normalized spacial score (nSPS) is 24.6. The first-order valence-electron chi connectivity index (χ1n) is 5.55. The van der Waals surface area contributed by atoms with Crippen LogP contribution >= 0.6 is 15.9 Å². The number of aliphatic hydroxyl groups excluding tert-OH is 1. The van der Waals surface area contributed by atoms with Crippen molar-refractivity contribution in [3.8, 4) is 0 Å². The van der Waals surface area contributed by atoms with Gasteiger partial charge in [0.2, 0.25) is 0 Å². The second-order valence-electron chi connectivity index (χ2n) is 4.85. The van der Waals surface area contributed by atoms with Crippen LogP contribution in [0, 0.1) is 11.8 Å². The summed E-state index contributed by atoms with van der Waals surface area (Å²) < 4.78 is 1.14. The molecular weight excluding hydrogens is 252 g/mol. The van der Waals surface area contributed by atoms with Gasteiger partial charge < -0.3 is 5.11 Å². The first kappa shape index (κ1) is 11.2. The number of fused-ring (bicyclic) bond motifs is 1. The Bertz CT molecular complexity index is 360. The molecule has 0 spiro atoms. The average Bonchev–Trinajstić information content (AvgIpc) is 2.46. The van der Waals surface area contributed by atoms with Crippen molar-refractivity contribution in [2.24, 2.45) is 11.8 Å². The smallest absolute Gasteiger partial charge is 0.0824 e. The highest BCUT2D eigenvalue weighted by molar-refractivity contribution is 9.10. The van der Waals surface area contributed by atoms with E-state index in [1.54, 1.807) is 0 Å². The van der Waals surface area contributed by atoms with Gasteiger partial charge in [0, 0.05) is 4.47 Å².